The first-order valence-corrected chi connectivity index (χ1v) is 6.08. The lowest BCUT2D eigenvalue weighted by molar-refractivity contribution is 0.0924. The van der Waals surface area contributed by atoms with Crippen molar-refractivity contribution in [2.75, 3.05) is 11.9 Å². The average Bonchev–Trinajstić information content (AvgIpc) is 2.79. The number of hydrogen-bond acceptors (Lipinski definition) is 4. The minimum atomic E-state index is -0.479. The Morgan fingerprint density at radius 2 is 2.20 bits per heavy atom. The molecule has 5 nitrogen and oxygen atoms in total. The van der Waals surface area contributed by atoms with Crippen LogP contribution in [0.4, 0.5) is 10.1 Å². The maximum absolute atomic E-state index is 13.2. The van der Waals surface area contributed by atoms with E-state index in [1.54, 1.807) is 19.1 Å². The lowest BCUT2D eigenvalue weighted by Gasteiger charge is -2.18. The summed E-state index contributed by atoms with van der Waals surface area (Å²) in [6.07, 6.45) is 0. The molecule has 0 spiro atoms. The van der Waals surface area contributed by atoms with E-state index in [2.05, 4.69) is 0 Å². The minimum Gasteiger partial charge on any atom is -0.456 e. The van der Waals surface area contributed by atoms with Crippen LogP contribution < -0.4 is 16.2 Å². The fourth-order valence-electron chi connectivity index (χ4n) is 1.92. The Hall–Kier alpha value is -2.34. The van der Waals surface area contributed by atoms with E-state index in [1.165, 1.54) is 12.1 Å². The van der Waals surface area contributed by atoms with E-state index >= 15 is 0 Å². The topological polar surface area (TPSA) is 71.5 Å². The SMILES string of the molecule is Cc1oc(C(=O)NN)cc1CN(C)c1cccc(F)c1. The van der Waals surface area contributed by atoms with Gasteiger partial charge in [0.15, 0.2) is 5.76 Å². The molecular weight excluding hydrogens is 261 g/mol. The van der Waals surface area contributed by atoms with Gasteiger partial charge in [0.25, 0.3) is 0 Å². The zero-order valence-electron chi connectivity index (χ0n) is 11.3. The molecule has 0 aliphatic heterocycles. The smallest absolute Gasteiger partial charge is 0.300 e. The fraction of sp³-hybridized carbons (Fsp3) is 0.214. The van der Waals surface area contributed by atoms with Crippen LogP contribution in [-0.2, 0) is 6.54 Å². The highest BCUT2D eigenvalue weighted by atomic mass is 19.1. The Bertz CT molecular complexity index is 625. The Morgan fingerprint density at radius 3 is 2.85 bits per heavy atom. The minimum absolute atomic E-state index is 0.160. The number of nitrogens with one attached hydrogen (secondary N) is 1. The highest BCUT2D eigenvalue weighted by molar-refractivity contribution is 5.91. The molecule has 0 bridgehead atoms. The number of benzene rings is 1. The number of anilines is 1. The van der Waals surface area contributed by atoms with Gasteiger partial charge < -0.3 is 9.32 Å². The van der Waals surface area contributed by atoms with Crippen LogP contribution in [0.3, 0.4) is 0 Å². The van der Waals surface area contributed by atoms with Crippen LogP contribution in [0.15, 0.2) is 34.7 Å². The standard InChI is InChI=1S/C14H16FN3O2/c1-9-10(6-13(20-9)14(19)17-16)8-18(2)12-5-3-4-11(15)7-12/h3-7H,8,16H2,1-2H3,(H,17,19). The number of aryl methyl sites for hydroxylation is 1. The molecule has 1 heterocycles. The molecule has 0 atom stereocenters. The average molecular weight is 277 g/mol. The van der Waals surface area contributed by atoms with Crippen molar-refractivity contribution in [3.63, 3.8) is 0 Å². The Balaban J connectivity index is 2.17. The van der Waals surface area contributed by atoms with Gasteiger partial charge in [-0.1, -0.05) is 6.07 Å². The van der Waals surface area contributed by atoms with E-state index in [4.69, 9.17) is 10.3 Å². The largest absolute Gasteiger partial charge is 0.456 e. The van der Waals surface area contributed by atoms with Gasteiger partial charge in [0, 0.05) is 24.8 Å². The summed E-state index contributed by atoms with van der Waals surface area (Å²) in [4.78, 5) is 13.3. The number of amides is 1. The summed E-state index contributed by atoms with van der Waals surface area (Å²) in [5.74, 6) is 5.08. The summed E-state index contributed by atoms with van der Waals surface area (Å²) < 4.78 is 18.5. The maximum atomic E-state index is 13.2. The Morgan fingerprint density at radius 1 is 1.45 bits per heavy atom. The number of rotatable bonds is 4. The molecule has 0 aliphatic rings. The van der Waals surface area contributed by atoms with Crippen LogP contribution in [0.2, 0.25) is 0 Å². The van der Waals surface area contributed by atoms with Gasteiger partial charge in [0.2, 0.25) is 0 Å². The molecule has 0 saturated carbocycles. The second-order valence-corrected chi connectivity index (χ2v) is 4.50. The number of nitrogen functional groups attached to an aromatic ring is 1. The van der Waals surface area contributed by atoms with Crippen molar-refractivity contribution < 1.29 is 13.6 Å². The molecule has 0 fully saturated rings. The third kappa shape index (κ3) is 2.97. The van der Waals surface area contributed by atoms with Crippen LogP contribution >= 0.6 is 0 Å². The number of carbonyl (C=O) groups excluding carboxylic acids is 1. The van der Waals surface area contributed by atoms with E-state index < -0.39 is 5.91 Å². The second kappa shape index (κ2) is 5.75. The predicted molar refractivity (Wildman–Crippen MR) is 73.6 cm³/mol. The van der Waals surface area contributed by atoms with E-state index in [0.717, 1.165) is 11.3 Å². The van der Waals surface area contributed by atoms with Crippen molar-refractivity contribution in [3.8, 4) is 0 Å². The van der Waals surface area contributed by atoms with Crippen LogP contribution in [0.25, 0.3) is 0 Å². The molecule has 6 heteroatoms. The first-order valence-electron chi connectivity index (χ1n) is 6.08. The lowest BCUT2D eigenvalue weighted by Crippen LogP contribution is -2.29. The first kappa shape index (κ1) is 14.1. The molecule has 1 aromatic heterocycles. The van der Waals surface area contributed by atoms with Crippen molar-refractivity contribution >= 4 is 11.6 Å². The molecule has 20 heavy (non-hydrogen) atoms. The Kier molecular flexibility index (Phi) is 4.05. The van der Waals surface area contributed by atoms with Crippen LogP contribution in [0.5, 0.6) is 0 Å². The highest BCUT2D eigenvalue weighted by Gasteiger charge is 2.15. The summed E-state index contributed by atoms with van der Waals surface area (Å²) in [7, 11) is 1.84. The number of hydrogen-bond donors (Lipinski definition) is 2. The number of nitrogens with zero attached hydrogens (tertiary/aromatic N) is 1. The summed E-state index contributed by atoms with van der Waals surface area (Å²) >= 11 is 0. The van der Waals surface area contributed by atoms with Crippen LogP contribution in [-0.4, -0.2) is 13.0 Å². The number of nitrogens with two attached hydrogens (primary N) is 1. The monoisotopic (exact) mass is 277 g/mol. The predicted octanol–water partition coefficient (Wildman–Crippen LogP) is 1.97. The molecule has 2 rings (SSSR count). The van der Waals surface area contributed by atoms with Gasteiger partial charge in [-0.15, -0.1) is 0 Å². The first-order chi connectivity index (χ1) is 9.51. The lowest BCUT2D eigenvalue weighted by atomic mass is 10.2. The molecule has 1 amide bonds. The Labute approximate surface area is 116 Å². The molecule has 1 aromatic carbocycles. The van der Waals surface area contributed by atoms with Crippen molar-refractivity contribution in [1.29, 1.82) is 0 Å². The van der Waals surface area contributed by atoms with Crippen molar-refractivity contribution in [3.05, 3.63) is 53.2 Å². The highest BCUT2D eigenvalue weighted by Crippen LogP contribution is 2.20. The number of carbonyl (C=O) groups is 1. The maximum Gasteiger partial charge on any atom is 0.300 e. The van der Waals surface area contributed by atoms with Crippen LogP contribution in [0, 0.1) is 12.7 Å². The molecule has 0 saturated heterocycles. The van der Waals surface area contributed by atoms with Crippen molar-refractivity contribution in [2.45, 2.75) is 13.5 Å². The molecule has 0 aliphatic carbocycles. The van der Waals surface area contributed by atoms with Gasteiger partial charge in [-0.3, -0.25) is 10.2 Å². The van der Waals surface area contributed by atoms with Crippen LogP contribution in [0.1, 0.15) is 21.9 Å². The molecule has 3 N–H and O–H groups in total. The van der Waals surface area contributed by atoms with Gasteiger partial charge in [0.1, 0.15) is 11.6 Å². The van der Waals surface area contributed by atoms with Gasteiger partial charge in [-0.2, -0.15) is 0 Å². The number of halogens is 1. The summed E-state index contributed by atoms with van der Waals surface area (Å²) in [5, 5.41) is 0. The summed E-state index contributed by atoms with van der Waals surface area (Å²) in [6, 6.07) is 7.93. The normalized spacial score (nSPS) is 10.4. The molecule has 2 aromatic rings. The van der Waals surface area contributed by atoms with E-state index in [1.807, 2.05) is 23.4 Å². The second-order valence-electron chi connectivity index (χ2n) is 4.50. The molecule has 0 unspecified atom stereocenters. The molecule has 106 valence electrons. The number of hydrazine groups is 1. The van der Waals surface area contributed by atoms with Gasteiger partial charge in [-0.25, -0.2) is 10.2 Å². The zero-order valence-corrected chi connectivity index (χ0v) is 11.3. The third-order valence-electron chi connectivity index (χ3n) is 3.03. The zero-order chi connectivity index (χ0) is 14.7. The van der Waals surface area contributed by atoms with Crippen molar-refractivity contribution in [2.24, 2.45) is 5.84 Å². The van der Waals surface area contributed by atoms with Crippen molar-refractivity contribution in [1.82, 2.24) is 5.43 Å². The quantitative estimate of drug-likeness (QED) is 0.509. The van der Waals surface area contributed by atoms with E-state index in [9.17, 15) is 9.18 Å². The molecule has 0 radical (unpaired) electrons. The number of furan rings is 1. The van der Waals surface area contributed by atoms with E-state index in [0.29, 0.717) is 12.3 Å². The fourth-order valence-corrected chi connectivity index (χ4v) is 1.92. The third-order valence-corrected chi connectivity index (χ3v) is 3.03. The summed E-state index contributed by atoms with van der Waals surface area (Å²) in [6.45, 7) is 2.26. The van der Waals surface area contributed by atoms with Gasteiger partial charge >= 0.3 is 5.91 Å². The van der Waals surface area contributed by atoms with Gasteiger partial charge in [-0.05, 0) is 31.2 Å². The van der Waals surface area contributed by atoms with Gasteiger partial charge in [0.05, 0.1) is 0 Å². The molecular formula is C14H16FN3O2. The van der Waals surface area contributed by atoms with E-state index in [-0.39, 0.29) is 11.6 Å². The summed E-state index contributed by atoms with van der Waals surface area (Å²) in [5.41, 5.74) is 3.61.